The lowest BCUT2D eigenvalue weighted by Crippen LogP contribution is -2.56. The molecule has 3 aromatic heterocycles. The first-order chi connectivity index (χ1) is 17.1. The Bertz CT molecular complexity index is 1430. The van der Waals surface area contributed by atoms with Gasteiger partial charge in [-0.25, -0.2) is 23.4 Å². The minimum Gasteiger partial charge on any atom is -0.486 e. The summed E-state index contributed by atoms with van der Waals surface area (Å²) >= 11 is 0. The zero-order valence-electron chi connectivity index (χ0n) is 20.7. The van der Waals surface area contributed by atoms with Crippen molar-refractivity contribution in [3.63, 3.8) is 0 Å². The number of nitrogens with one attached hydrogen (secondary N) is 2. The zero-order valence-corrected chi connectivity index (χ0v) is 21.6. The molecule has 2 N–H and O–H groups in total. The maximum atomic E-state index is 13.0. The fourth-order valence-corrected chi connectivity index (χ4v) is 5.41. The van der Waals surface area contributed by atoms with E-state index in [9.17, 15) is 8.42 Å². The molecule has 0 saturated carbocycles. The molecule has 192 valence electrons. The van der Waals surface area contributed by atoms with Gasteiger partial charge in [-0.1, -0.05) is 0 Å². The van der Waals surface area contributed by atoms with E-state index in [0.29, 0.717) is 61.8 Å². The van der Waals surface area contributed by atoms with E-state index >= 15 is 0 Å². The standard InChI is InChI=1S/C24H30N6O5S/c1-13-8-33-11-15-12-35-19-20(24(2,3)36(4,31)32)28-22(29-23(19)30(13)15)18-16-5-6-25-21(16)26-7-17(18)27-14-9-34-10-14/h5-7,13-15,27H,8-12H2,1-4H3,(H,25,26)/t13-,15+/m1/s1. The molecule has 0 amide bonds. The molecule has 0 radical (unpaired) electrons. The molecule has 6 rings (SSSR count). The second-order valence-corrected chi connectivity index (χ2v) is 12.8. The van der Waals surface area contributed by atoms with Crippen LogP contribution < -0.4 is 15.0 Å². The highest BCUT2D eigenvalue weighted by Crippen LogP contribution is 2.45. The van der Waals surface area contributed by atoms with Crippen molar-refractivity contribution in [2.24, 2.45) is 0 Å². The van der Waals surface area contributed by atoms with Gasteiger partial charge in [0.25, 0.3) is 0 Å². The molecule has 36 heavy (non-hydrogen) atoms. The Morgan fingerprint density at radius 1 is 1.14 bits per heavy atom. The lowest BCUT2D eigenvalue weighted by Gasteiger charge is -2.45. The van der Waals surface area contributed by atoms with Crippen LogP contribution in [0.25, 0.3) is 22.4 Å². The molecular formula is C24H30N6O5S. The number of ether oxygens (including phenoxy) is 3. The van der Waals surface area contributed by atoms with Crippen LogP contribution in [0.1, 0.15) is 26.5 Å². The van der Waals surface area contributed by atoms with Crippen LogP contribution in [0.4, 0.5) is 11.5 Å². The monoisotopic (exact) mass is 514 g/mol. The fourth-order valence-electron chi connectivity index (χ4n) is 4.92. The maximum Gasteiger partial charge on any atom is 0.185 e. The summed E-state index contributed by atoms with van der Waals surface area (Å²) in [5.74, 6) is 1.43. The number of hydrogen-bond acceptors (Lipinski definition) is 10. The normalized spacial score (nSPS) is 22.5. The first kappa shape index (κ1) is 23.4. The number of sulfone groups is 1. The van der Waals surface area contributed by atoms with Crippen LogP contribution in [-0.2, 0) is 24.1 Å². The number of rotatable bonds is 5. The van der Waals surface area contributed by atoms with E-state index in [0.717, 1.165) is 16.6 Å². The van der Waals surface area contributed by atoms with Crippen molar-refractivity contribution in [2.45, 2.75) is 43.6 Å². The van der Waals surface area contributed by atoms with Crippen LogP contribution in [0.5, 0.6) is 5.75 Å². The number of pyridine rings is 1. The second-order valence-electron chi connectivity index (χ2n) is 10.3. The van der Waals surface area contributed by atoms with Gasteiger partial charge in [0.15, 0.2) is 27.2 Å². The van der Waals surface area contributed by atoms with Gasteiger partial charge < -0.3 is 29.4 Å². The van der Waals surface area contributed by atoms with Gasteiger partial charge in [0.2, 0.25) is 0 Å². The van der Waals surface area contributed by atoms with Gasteiger partial charge in [0.05, 0.1) is 62.0 Å². The number of anilines is 2. The van der Waals surface area contributed by atoms with Gasteiger partial charge in [0, 0.05) is 17.8 Å². The third kappa shape index (κ3) is 3.61. The lowest BCUT2D eigenvalue weighted by molar-refractivity contribution is 0.0211. The first-order valence-electron chi connectivity index (χ1n) is 12.1. The van der Waals surface area contributed by atoms with Gasteiger partial charge in [-0.2, -0.15) is 0 Å². The minimum atomic E-state index is -3.55. The smallest absolute Gasteiger partial charge is 0.185 e. The predicted molar refractivity (Wildman–Crippen MR) is 135 cm³/mol. The Kier molecular flexibility index (Phi) is 5.39. The highest BCUT2D eigenvalue weighted by molar-refractivity contribution is 7.91. The number of fused-ring (bicyclic) bond motifs is 4. The van der Waals surface area contributed by atoms with Gasteiger partial charge in [0.1, 0.15) is 22.7 Å². The molecule has 0 aliphatic carbocycles. The van der Waals surface area contributed by atoms with Crippen molar-refractivity contribution < 1.29 is 22.6 Å². The Hall–Kier alpha value is -2.96. The summed E-state index contributed by atoms with van der Waals surface area (Å²) in [4.78, 5) is 19.9. The molecule has 11 nitrogen and oxygen atoms in total. The summed E-state index contributed by atoms with van der Waals surface area (Å²) in [6.45, 7) is 8.03. The third-order valence-corrected chi connectivity index (χ3v) is 9.40. The van der Waals surface area contributed by atoms with Crippen LogP contribution >= 0.6 is 0 Å². The quantitative estimate of drug-likeness (QED) is 0.522. The zero-order chi connectivity index (χ0) is 25.2. The van der Waals surface area contributed by atoms with Gasteiger partial charge in [-0.3, -0.25) is 0 Å². The predicted octanol–water partition coefficient (Wildman–Crippen LogP) is 2.10. The van der Waals surface area contributed by atoms with E-state index in [1.54, 1.807) is 20.0 Å². The summed E-state index contributed by atoms with van der Waals surface area (Å²) in [5.41, 5.74) is 2.56. The molecule has 3 aromatic rings. The molecule has 3 aliphatic rings. The lowest BCUT2D eigenvalue weighted by atomic mass is 10.0. The summed E-state index contributed by atoms with van der Waals surface area (Å²) in [7, 11) is -3.55. The largest absolute Gasteiger partial charge is 0.486 e. The first-order valence-corrected chi connectivity index (χ1v) is 14.0. The molecule has 2 fully saturated rings. The maximum absolute atomic E-state index is 13.0. The van der Waals surface area contributed by atoms with Crippen LogP contribution in [0, 0.1) is 0 Å². The average molecular weight is 515 g/mol. The topological polar surface area (TPSA) is 132 Å². The molecule has 6 heterocycles. The van der Waals surface area contributed by atoms with Crippen LogP contribution in [-0.4, -0.2) is 85.8 Å². The van der Waals surface area contributed by atoms with Crippen molar-refractivity contribution in [3.05, 3.63) is 24.2 Å². The fraction of sp³-hybridized carbons (Fsp3) is 0.542. The Morgan fingerprint density at radius 3 is 2.64 bits per heavy atom. The van der Waals surface area contributed by atoms with E-state index in [4.69, 9.17) is 24.2 Å². The highest BCUT2D eigenvalue weighted by Gasteiger charge is 2.44. The Labute approximate surface area is 209 Å². The van der Waals surface area contributed by atoms with E-state index in [1.807, 2.05) is 12.3 Å². The number of morpholine rings is 1. The molecule has 0 unspecified atom stereocenters. The van der Waals surface area contributed by atoms with Crippen LogP contribution in [0.2, 0.25) is 0 Å². The summed E-state index contributed by atoms with van der Waals surface area (Å²) in [6, 6.07) is 2.10. The number of nitrogens with zero attached hydrogens (tertiary/aromatic N) is 4. The van der Waals surface area contributed by atoms with Crippen molar-refractivity contribution in [3.8, 4) is 17.1 Å². The Balaban J connectivity index is 1.62. The van der Waals surface area contributed by atoms with Crippen molar-refractivity contribution in [1.82, 2.24) is 19.9 Å². The molecule has 2 atom stereocenters. The van der Waals surface area contributed by atoms with E-state index in [2.05, 4.69) is 27.1 Å². The number of aromatic nitrogens is 4. The molecule has 0 spiro atoms. The molecular weight excluding hydrogens is 484 g/mol. The second kappa shape index (κ2) is 8.29. The SMILES string of the molecule is C[C@@H]1COC[C@H]2COc3c(nc(-c4c(NC5COC5)cnc5[nH]ccc45)nc3C(C)(C)S(C)(=O)=O)N21. The highest BCUT2D eigenvalue weighted by atomic mass is 32.2. The molecule has 12 heteroatoms. The summed E-state index contributed by atoms with van der Waals surface area (Å²) in [5, 5.41) is 4.34. The van der Waals surface area contributed by atoms with Gasteiger partial charge in [-0.05, 0) is 26.8 Å². The van der Waals surface area contributed by atoms with Crippen LogP contribution in [0.3, 0.4) is 0 Å². The number of H-pyrrole nitrogens is 1. The Morgan fingerprint density at radius 2 is 1.92 bits per heavy atom. The summed E-state index contributed by atoms with van der Waals surface area (Å²) < 4.78 is 41.9. The molecule has 0 bridgehead atoms. The van der Waals surface area contributed by atoms with Crippen molar-refractivity contribution >= 4 is 32.4 Å². The van der Waals surface area contributed by atoms with Gasteiger partial charge in [-0.15, -0.1) is 0 Å². The van der Waals surface area contributed by atoms with Gasteiger partial charge >= 0.3 is 0 Å². The van der Waals surface area contributed by atoms with E-state index in [-0.39, 0.29) is 18.1 Å². The third-order valence-electron chi connectivity index (χ3n) is 7.36. The average Bonchev–Trinajstić information content (AvgIpc) is 3.28. The van der Waals surface area contributed by atoms with E-state index < -0.39 is 14.6 Å². The molecule has 3 aliphatic heterocycles. The molecule has 0 aromatic carbocycles. The van der Waals surface area contributed by atoms with Crippen molar-refractivity contribution in [1.29, 1.82) is 0 Å². The number of aromatic amines is 1. The summed E-state index contributed by atoms with van der Waals surface area (Å²) in [6.07, 6.45) is 4.80. The molecule has 2 saturated heterocycles. The minimum absolute atomic E-state index is 0.0207. The van der Waals surface area contributed by atoms with E-state index in [1.165, 1.54) is 6.26 Å². The van der Waals surface area contributed by atoms with Crippen molar-refractivity contribution in [2.75, 3.05) is 49.5 Å². The van der Waals surface area contributed by atoms with Crippen LogP contribution in [0.15, 0.2) is 18.5 Å². The number of hydrogen-bond donors (Lipinski definition) is 2.